The van der Waals surface area contributed by atoms with Crippen LogP contribution in [0.2, 0.25) is 0 Å². The molecule has 9 heteroatoms. The summed E-state index contributed by atoms with van der Waals surface area (Å²) in [5.41, 5.74) is 1.95. The minimum absolute atomic E-state index is 0.106. The molecule has 1 aliphatic rings. The van der Waals surface area contributed by atoms with E-state index in [9.17, 15) is 18.4 Å². The summed E-state index contributed by atoms with van der Waals surface area (Å²) in [6.45, 7) is 1.87. The number of hydrogen-bond acceptors (Lipinski definition) is 5. The van der Waals surface area contributed by atoms with Crippen molar-refractivity contribution in [3.05, 3.63) is 40.8 Å². The summed E-state index contributed by atoms with van der Waals surface area (Å²) in [7, 11) is 1.48. The Morgan fingerprint density at radius 1 is 1.33 bits per heavy atom. The Morgan fingerprint density at radius 2 is 2.10 bits per heavy atom. The van der Waals surface area contributed by atoms with Gasteiger partial charge in [0, 0.05) is 29.6 Å². The number of aryl methyl sites for hydroxylation is 2. The van der Waals surface area contributed by atoms with Gasteiger partial charge in [0.25, 0.3) is 0 Å². The molecule has 2 aromatic heterocycles. The van der Waals surface area contributed by atoms with Crippen molar-refractivity contribution in [3.8, 4) is 6.07 Å². The lowest BCUT2D eigenvalue weighted by atomic mass is 9.80. The molecule has 0 radical (unpaired) electrons. The summed E-state index contributed by atoms with van der Waals surface area (Å²) in [6.07, 6.45) is -2.20. The average molecular weight is 412 g/mol. The first-order chi connectivity index (χ1) is 14.3. The number of alkyl halides is 3. The number of rotatable bonds is 3. The summed E-state index contributed by atoms with van der Waals surface area (Å²) >= 11 is 0. The number of H-pyrrole nitrogens is 1. The fourth-order valence-electron chi connectivity index (χ4n) is 4.19. The second-order valence-electron chi connectivity index (χ2n) is 7.40. The van der Waals surface area contributed by atoms with Gasteiger partial charge in [-0.25, -0.2) is 4.98 Å². The number of aromatic amines is 1. The number of nitriles is 1. The molecule has 0 saturated carbocycles. The van der Waals surface area contributed by atoms with Crippen LogP contribution in [0.5, 0.6) is 0 Å². The molecule has 30 heavy (non-hydrogen) atoms. The number of nitrogens with one attached hydrogen (secondary N) is 3. The molecular weight excluding hydrogens is 393 g/mol. The van der Waals surface area contributed by atoms with Crippen molar-refractivity contribution in [1.29, 1.82) is 10.7 Å². The topological polar surface area (TPSA) is 101 Å². The second-order valence-corrected chi connectivity index (χ2v) is 7.40. The molecule has 2 heterocycles. The van der Waals surface area contributed by atoms with Crippen molar-refractivity contribution in [1.82, 2.24) is 20.5 Å². The number of halogens is 3. The molecule has 1 atom stereocenters. The van der Waals surface area contributed by atoms with Crippen LogP contribution in [0.4, 0.5) is 13.2 Å². The smallest absolute Gasteiger partial charge is 0.393 e. The van der Waals surface area contributed by atoms with E-state index in [1.165, 1.54) is 7.05 Å². The van der Waals surface area contributed by atoms with Gasteiger partial charge in [0.05, 0.1) is 34.4 Å². The third-order valence-corrected chi connectivity index (χ3v) is 5.55. The minimum Gasteiger partial charge on any atom is -0.393 e. The highest BCUT2D eigenvalue weighted by molar-refractivity contribution is 6.25. The van der Waals surface area contributed by atoms with Gasteiger partial charge in [-0.3, -0.25) is 10.5 Å². The summed E-state index contributed by atoms with van der Waals surface area (Å²) in [5.74, 6) is -0.309. The fraction of sp³-hybridized carbons (Fsp3) is 0.333. The predicted molar refractivity (Wildman–Crippen MR) is 108 cm³/mol. The van der Waals surface area contributed by atoms with Crippen molar-refractivity contribution >= 4 is 33.1 Å². The summed E-state index contributed by atoms with van der Waals surface area (Å²) in [5, 5.41) is 28.8. The molecule has 1 aromatic carbocycles. The van der Waals surface area contributed by atoms with Crippen molar-refractivity contribution in [2.45, 2.75) is 32.4 Å². The second kappa shape index (κ2) is 7.13. The van der Waals surface area contributed by atoms with Gasteiger partial charge in [-0.1, -0.05) is 0 Å². The third kappa shape index (κ3) is 3.09. The van der Waals surface area contributed by atoms with Gasteiger partial charge >= 0.3 is 6.18 Å². The van der Waals surface area contributed by atoms with E-state index in [1.54, 1.807) is 12.1 Å². The van der Waals surface area contributed by atoms with Gasteiger partial charge in [0.15, 0.2) is 0 Å². The van der Waals surface area contributed by atoms with Gasteiger partial charge in [-0.15, -0.1) is 0 Å². The molecule has 6 nitrogen and oxygen atoms in total. The molecule has 3 N–H and O–H groups in total. The monoisotopic (exact) mass is 412 g/mol. The maximum Gasteiger partial charge on any atom is 0.433 e. The molecule has 0 aliphatic heterocycles. The number of hydrogen-bond donors (Lipinski definition) is 3. The Balaban J connectivity index is 2.09. The van der Waals surface area contributed by atoms with Gasteiger partial charge in [-0.2, -0.15) is 23.5 Å². The Kier molecular flexibility index (Phi) is 4.73. The summed E-state index contributed by atoms with van der Waals surface area (Å²) < 4.78 is 40.3. The van der Waals surface area contributed by atoms with E-state index >= 15 is 0 Å². The van der Waals surface area contributed by atoms with E-state index in [0.29, 0.717) is 30.3 Å². The number of fused-ring (bicyclic) bond motifs is 5. The minimum atomic E-state index is -4.82. The van der Waals surface area contributed by atoms with E-state index in [1.807, 2.05) is 6.92 Å². The van der Waals surface area contributed by atoms with Crippen molar-refractivity contribution in [2.75, 3.05) is 7.05 Å². The molecule has 4 rings (SSSR count). The van der Waals surface area contributed by atoms with Gasteiger partial charge < -0.3 is 5.32 Å². The lowest BCUT2D eigenvalue weighted by Crippen LogP contribution is -2.26. The highest BCUT2D eigenvalue weighted by Gasteiger charge is 2.39. The Bertz CT molecular complexity index is 1250. The molecule has 0 amide bonds. The zero-order valence-electron chi connectivity index (χ0n) is 16.4. The van der Waals surface area contributed by atoms with Gasteiger partial charge in [0.2, 0.25) is 0 Å². The Labute approximate surface area is 170 Å². The molecule has 154 valence electrons. The number of allylic oxidation sites excluding steroid dienone is 1. The van der Waals surface area contributed by atoms with Crippen LogP contribution >= 0.6 is 0 Å². The van der Waals surface area contributed by atoms with Crippen molar-refractivity contribution < 1.29 is 13.2 Å². The number of nitrogens with zero attached hydrogens (tertiary/aromatic N) is 3. The predicted octanol–water partition coefficient (Wildman–Crippen LogP) is 4.19. The molecule has 0 fully saturated rings. The molecule has 1 unspecified atom stereocenters. The highest BCUT2D eigenvalue weighted by atomic mass is 19.4. The van der Waals surface area contributed by atoms with E-state index < -0.39 is 11.9 Å². The zero-order chi connectivity index (χ0) is 21.6. The molecular formula is C21H19F3N6. The molecule has 0 bridgehead atoms. The first-order valence-electron chi connectivity index (χ1n) is 9.49. The first-order valence-corrected chi connectivity index (χ1v) is 9.49. The summed E-state index contributed by atoms with van der Waals surface area (Å²) in [4.78, 5) is 4.58. The van der Waals surface area contributed by atoms with Crippen molar-refractivity contribution in [2.24, 2.45) is 5.92 Å². The highest BCUT2D eigenvalue weighted by Crippen LogP contribution is 2.39. The Hall–Kier alpha value is -3.41. The van der Waals surface area contributed by atoms with Gasteiger partial charge in [0.1, 0.15) is 5.71 Å². The average Bonchev–Trinajstić information content (AvgIpc) is 3.10. The van der Waals surface area contributed by atoms with E-state index in [2.05, 4.69) is 26.6 Å². The van der Waals surface area contributed by atoms with Crippen LogP contribution in [-0.2, 0) is 12.8 Å². The fourth-order valence-corrected chi connectivity index (χ4v) is 4.19. The molecule has 0 saturated heterocycles. The van der Waals surface area contributed by atoms with Crippen LogP contribution in [0, 0.1) is 29.6 Å². The van der Waals surface area contributed by atoms with Gasteiger partial charge in [-0.05, 0) is 49.4 Å². The van der Waals surface area contributed by atoms with Crippen LogP contribution in [0.1, 0.15) is 28.9 Å². The van der Waals surface area contributed by atoms with Crippen LogP contribution in [0.15, 0.2) is 18.3 Å². The number of pyridine rings is 1. The standard InChI is InChI=1S/C21H19F3N6/c1-10-17-16(30-29-10)6-5-15-18(17)12-4-3-11(8-25)7-13(12)19(28-15)14(9-27-2)20(26)21(22,23)24/h5-6,9,11,26-27H,3-4,7H2,1-2H3,(H,29,30)/b14-9-,26-20?. The lowest BCUT2D eigenvalue weighted by molar-refractivity contribution is -0.0578. The zero-order valence-corrected chi connectivity index (χ0v) is 16.4. The van der Waals surface area contributed by atoms with Crippen LogP contribution in [0.3, 0.4) is 0 Å². The molecule has 1 aliphatic carbocycles. The van der Waals surface area contributed by atoms with E-state index in [4.69, 9.17) is 5.41 Å². The maximum atomic E-state index is 13.4. The molecule has 0 spiro atoms. The molecule has 3 aromatic rings. The SMILES string of the molecule is CN/C=C(\C(=N)C(F)(F)F)c1nc2ccc3[nH]nc(C)c3c2c2c1CC(C#N)CC2. The lowest BCUT2D eigenvalue weighted by Gasteiger charge is -2.26. The van der Waals surface area contributed by atoms with Crippen LogP contribution < -0.4 is 5.32 Å². The number of aromatic nitrogens is 3. The first kappa shape index (κ1) is 19.9. The maximum absolute atomic E-state index is 13.4. The normalized spacial score (nSPS) is 17.1. The van der Waals surface area contributed by atoms with E-state index in [0.717, 1.165) is 33.7 Å². The van der Waals surface area contributed by atoms with Crippen LogP contribution in [-0.4, -0.2) is 34.1 Å². The van der Waals surface area contributed by atoms with E-state index in [-0.39, 0.29) is 17.2 Å². The Morgan fingerprint density at radius 3 is 2.77 bits per heavy atom. The third-order valence-electron chi connectivity index (χ3n) is 5.55. The summed E-state index contributed by atoms with van der Waals surface area (Å²) in [6, 6.07) is 5.79. The van der Waals surface area contributed by atoms with Crippen LogP contribution in [0.25, 0.3) is 27.4 Å². The largest absolute Gasteiger partial charge is 0.433 e. The quantitative estimate of drug-likeness (QED) is 0.562. The van der Waals surface area contributed by atoms with Crippen molar-refractivity contribution in [3.63, 3.8) is 0 Å². The number of benzene rings is 1.